The van der Waals surface area contributed by atoms with Crippen molar-refractivity contribution in [2.24, 2.45) is 11.1 Å². The van der Waals surface area contributed by atoms with E-state index in [0.29, 0.717) is 19.0 Å². The molecule has 0 aliphatic carbocycles. The first kappa shape index (κ1) is 15.9. The Morgan fingerprint density at radius 2 is 2.00 bits per heavy atom. The number of amides is 1. The van der Waals surface area contributed by atoms with Gasteiger partial charge in [-0.05, 0) is 43.4 Å². The minimum absolute atomic E-state index is 0.0218. The van der Waals surface area contributed by atoms with E-state index in [2.05, 4.69) is 6.92 Å². The molecule has 2 N–H and O–H groups in total. The highest BCUT2D eigenvalue weighted by Crippen LogP contribution is 2.20. The van der Waals surface area contributed by atoms with Gasteiger partial charge in [0.1, 0.15) is 5.82 Å². The molecule has 1 amide bonds. The van der Waals surface area contributed by atoms with Gasteiger partial charge in [0.2, 0.25) is 10.0 Å². The summed E-state index contributed by atoms with van der Waals surface area (Å²) in [5.74, 6) is -0.586. The lowest BCUT2D eigenvalue weighted by atomic mass is 10.0. The van der Waals surface area contributed by atoms with Crippen LogP contribution >= 0.6 is 0 Å². The summed E-state index contributed by atoms with van der Waals surface area (Å²) in [5, 5.41) is 5.00. The third-order valence-electron chi connectivity index (χ3n) is 3.75. The van der Waals surface area contributed by atoms with E-state index in [0.717, 1.165) is 37.5 Å². The van der Waals surface area contributed by atoms with Crippen molar-refractivity contribution in [3.63, 3.8) is 0 Å². The average Bonchev–Trinajstić information content (AvgIpc) is 2.61. The number of hydrogen-bond donors (Lipinski definition) is 1. The van der Waals surface area contributed by atoms with Gasteiger partial charge < -0.3 is 4.90 Å². The van der Waals surface area contributed by atoms with Crippen LogP contribution in [0.5, 0.6) is 0 Å². The number of likely N-dealkylation sites (tertiary alicyclic amines) is 1. The van der Waals surface area contributed by atoms with Crippen molar-refractivity contribution in [3.8, 4) is 0 Å². The molecule has 0 spiro atoms. The topological polar surface area (TPSA) is 80.5 Å². The molecule has 1 fully saturated rings. The summed E-state index contributed by atoms with van der Waals surface area (Å²) < 4.78 is 36.2. The Labute approximate surface area is 124 Å². The molecule has 1 aliphatic heterocycles. The van der Waals surface area contributed by atoms with Gasteiger partial charge in [-0.1, -0.05) is 6.92 Å². The van der Waals surface area contributed by atoms with E-state index in [1.807, 2.05) is 0 Å². The Kier molecular flexibility index (Phi) is 4.63. The van der Waals surface area contributed by atoms with Gasteiger partial charge in [-0.15, -0.1) is 0 Å². The number of benzene rings is 1. The monoisotopic (exact) mass is 314 g/mol. The fourth-order valence-electron chi connectivity index (χ4n) is 2.50. The lowest BCUT2D eigenvalue weighted by molar-refractivity contribution is 0.0759. The summed E-state index contributed by atoms with van der Waals surface area (Å²) in [7, 11) is -4.04. The maximum absolute atomic E-state index is 13.5. The fraction of sp³-hybridized carbons (Fsp3) is 0.500. The first-order chi connectivity index (χ1) is 9.77. The predicted molar refractivity (Wildman–Crippen MR) is 76.7 cm³/mol. The number of primary sulfonamides is 1. The summed E-state index contributed by atoms with van der Waals surface area (Å²) >= 11 is 0. The molecule has 1 aromatic carbocycles. The second kappa shape index (κ2) is 6.11. The van der Waals surface area contributed by atoms with Crippen molar-refractivity contribution >= 4 is 15.9 Å². The molecule has 0 radical (unpaired) electrons. The van der Waals surface area contributed by atoms with Crippen LogP contribution in [0.15, 0.2) is 23.1 Å². The number of rotatable bonds is 2. The Balaban J connectivity index is 2.28. The first-order valence-electron chi connectivity index (χ1n) is 6.90. The van der Waals surface area contributed by atoms with E-state index in [4.69, 9.17) is 5.14 Å². The second-order valence-electron chi connectivity index (χ2n) is 5.55. The van der Waals surface area contributed by atoms with E-state index in [-0.39, 0.29) is 16.4 Å². The molecule has 1 saturated heterocycles. The van der Waals surface area contributed by atoms with Gasteiger partial charge >= 0.3 is 0 Å². The lowest BCUT2D eigenvalue weighted by Crippen LogP contribution is -2.32. The summed E-state index contributed by atoms with van der Waals surface area (Å²) in [6, 6.07) is 3.00. The van der Waals surface area contributed by atoms with Crippen LogP contribution in [-0.4, -0.2) is 32.3 Å². The molecule has 1 unspecified atom stereocenters. The highest BCUT2D eigenvalue weighted by molar-refractivity contribution is 7.89. The van der Waals surface area contributed by atoms with Crippen LogP contribution in [-0.2, 0) is 10.0 Å². The molecular formula is C14H19FN2O3S. The quantitative estimate of drug-likeness (QED) is 0.903. The van der Waals surface area contributed by atoms with Crippen LogP contribution in [0.2, 0.25) is 0 Å². The number of hydrogen-bond acceptors (Lipinski definition) is 3. The third kappa shape index (κ3) is 4.01. The van der Waals surface area contributed by atoms with Crippen molar-refractivity contribution in [1.82, 2.24) is 4.90 Å². The van der Waals surface area contributed by atoms with Crippen LogP contribution in [0.3, 0.4) is 0 Å². The van der Waals surface area contributed by atoms with Gasteiger partial charge in [0.25, 0.3) is 5.91 Å². The smallest absolute Gasteiger partial charge is 0.254 e. The molecule has 1 heterocycles. The predicted octanol–water partition coefficient (Wildman–Crippen LogP) is 1.74. The van der Waals surface area contributed by atoms with Crippen molar-refractivity contribution in [3.05, 3.63) is 29.6 Å². The molecule has 0 saturated carbocycles. The highest BCUT2D eigenvalue weighted by atomic mass is 32.2. The average molecular weight is 314 g/mol. The van der Waals surface area contributed by atoms with Crippen LogP contribution in [0.25, 0.3) is 0 Å². The molecule has 116 valence electrons. The van der Waals surface area contributed by atoms with Crippen molar-refractivity contribution < 1.29 is 17.6 Å². The molecule has 1 aliphatic rings. The number of carbonyl (C=O) groups excluding carboxylic acids is 1. The number of nitrogens with two attached hydrogens (primary N) is 1. The molecule has 0 bridgehead atoms. The molecule has 2 rings (SSSR count). The van der Waals surface area contributed by atoms with E-state index in [1.165, 1.54) is 0 Å². The number of carbonyl (C=O) groups is 1. The molecule has 1 aromatic rings. The van der Waals surface area contributed by atoms with E-state index >= 15 is 0 Å². The third-order valence-corrected chi connectivity index (χ3v) is 4.64. The molecule has 1 atom stereocenters. The SMILES string of the molecule is CC1CCCN(C(=O)c2cc(F)cc(S(N)(=O)=O)c2)CC1. The molecular weight excluding hydrogens is 295 g/mol. The van der Waals surface area contributed by atoms with Crippen LogP contribution in [0, 0.1) is 11.7 Å². The van der Waals surface area contributed by atoms with E-state index < -0.39 is 15.8 Å². The summed E-state index contributed by atoms with van der Waals surface area (Å²) in [6.07, 6.45) is 2.84. The van der Waals surface area contributed by atoms with E-state index in [9.17, 15) is 17.6 Å². The van der Waals surface area contributed by atoms with Crippen molar-refractivity contribution in [1.29, 1.82) is 0 Å². The molecule has 7 heteroatoms. The minimum Gasteiger partial charge on any atom is -0.339 e. The summed E-state index contributed by atoms with van der Waals surface area (Å²) in [5.41, 5.74) is 0.0218. The normalized spacial score (nSPS) is 20.1. The van der Waals surface area contributed by atoms with Crippen LogP contribution in [0.1, 0.15) is 36.5 Å². The zero-order valence-corrected chi connectivity index (χ0v) is 12.7. The van der Waals surface area contributed by atoms with Crippen molar-refractivity contribution in [2.45, 2.75) is 31.1 Å². The largest absolute Gasteiger partial charge is 0.339 e. The summed E-state index contributed by atoms with van der Waals surface area (Å²) in [6.45, 7) is 3.33. The van der Waals surface area contributed by atoms with E-state index in [1.54, 1.807) is 4.90 Å². The Hall–Kier alpha value is -1.47. The first-order valence-corrected chi connectivity index (χ1v) is 8.44. The minimum atomic E-state index is -4.04. The molecule has 21 heavy (non-hydrogen) atoms. The van der Waals surface area contributed by atoms with Gasteiger partial charge in [0.05, 0.1) is 4.90 Å². The Bertz CT molecular complexity index is 646. The zero-order valence-electron chi connectivity index (χ0n) is 11.9. The lowest BCUT2D eigenvalue weighted by Gasteiger charge is -2.20. The van der Waals surface area contributed by atoms with Crippen LogP contribution < -0.4 is 5.14 Å². The van der Waals surface area contributed by atoms with Crippen molar-refractivity contribution in [2.75, 3.05) is 13.1 Å². The van der Waals surface area contributed by atoms with Crippen LogP contribution in [0.4, 0.5) is 4.39 Å². The van der Waals surface area contributed by atoms with Gasteiger partial charge in [0, 0.05) is 18.7 Å². The molecule has 0 aromatic heterocycles. The Morgan fingerprint density at radius 1 is 1.29 bits per heavy atom. The maximum Gasteiger partial charge on any atom is 0.254 e. The standard InChI is InChI=1S/C14H19FN2O3S/c1-10-3-2-5-17(6-4-10)14(18)11-7-12(15)9-13(8-11)21(16,19)20/h7-10H,2-6H2,1H3,(H2,16,19,20). The Morgan fingerprint density at radius 3 is 2.67 bits per heavy atom. The number of nitrogens with zero attached hydrogens (tertiary/aromatic N) is 1. The number of halogens is 1. The molecule has 5 nitrogen and oxygen atoms in total. The van der Waals surface area contributed by atoms with Gasteiger partial charge in [-0.25, -0.2) is 17.9 Å². The maximum atomic E-state index is 13.5. The van der Waals surface area contributed by atoms with Gasteiger partial charge in [-0.2, -0.15) is 0 Å². The number of sulfonamides is 1. The van der Waals surface area contributed by atoms with Gasteiger partial charge in [-0.3, -0.25) is 4.79 Å². The second-order valence-corrected chi connectivity index (χ2v) is 7.11. The highest BCUT2D eigenvalue weighted by Gasteiger charge is 2.22. The summed E-state index contributed by atoms with van der Waals surface area (Å²) in [4.78, 5) is 13.7. The zero-order chi connectivity index (χ0) is 15.6. The van der Waals surface area contributed by atoms with Gasteiger partial charge in [0.15, 0.2) is 0 Å². The fourth-order valence-corrected chi connectivity index (χ4v) is 3.07.